The van der Waals surface area contributed by atoms with Crippen molar-refractivity contribution in [3.8, 4) is 0 Å². The fraction of sp³-hybridized carbons (Fsp3) is 0.462. The Kier molecular flexibility index (Phi) is 2.74. The standard InChI is InChI=1S/C13H15N3O3/c1-13(5-2-6-19-8-13)16-11-4-3-9(12(17)18)7-10(11)14-15-16/h3-4,7H,2,5-6,8H2,1H3,(H,17,18). The highest BCUT2D eigenvalue weighted by atomic mass is 16.5. The number of carboxylic acids is 1. The molecule has 6 heteroatoms. The molecule has 3 rings (SSSR count). The van der Waals surface area contributed by atoms with Crippen LogP contribution in [0.2, 0.25) is 0 Å². The van der Waals surface area contributed by atoms with Crippen molar-refractivity contribution >= 4 is 17.0 Å². The van der Waals surface area contributed by atoms with Crippen LogP contribution in [0, 0.1) is 0 Å². The van der Waals surface area contributed by atoms with Crippen LogP contribution in [0.25, 0.3) is 11.0 Å². The third-order valence-electron chi connectivity index (χ3n) is 3.62. The van der Waals surface area contributed by atoms with E-state index in [9.17, 15) is 4.79 Å². The highest BCUT2D eigenvalue weighted by Gasteiger charge is 2.32. The van der Waals surface area contributed by atoms with Crippen molar-refractivity contribution in [2.24, 2.45) is 0 Å². The van der Waals surface area contributed by atoms with Crippen LogP contribution in [-0.4, -0.2) is 39.3 Å². The van der Waals surface area contributed by atoms with Gasteiger partial charge < -0.3 is 9.84 Å². The van der Waals surface area contributed by atoms with Gasteiger partial charge in [-0.1, -0.05) is 5.21 Å². The summed E-state index contributed by atoms with van der Waals surface area (Å²) in [6.07, 6.45) is 1.97. The molecule has 1 aromatic heterocycles. The zero-order valence-electron chi connectivity index (χ0n) is 10.7. The molecule has 1 aliphatic heterocycles. The van der Waals surface area contributed by atoms with Crippen molar-refractivity contribution in [2.45, 2.75) is 25.3 Å². The number of benzene rings is 1. The fourth-order valence-corrected chi connectivity index (χ4v) is 2.54. The average Bonchev–Trinajstić information content (AvgIpc) is 2.83. The lowest BCUT2D eigenvalue weighted by molar-refractivity contribution is 0.00484. The molecule has 1 unspecified atom stereocenters. The van der Waals surface area contributed by atoms with Crippen LogP contribution in [-0.2, 0) is 10.3 Å². The molecule has 0 bridgehead atoms. The van der Waals surface area contributed by atoms with Crippen LogP contribution in [0.5, 0.6) is 0 Å². The minimum atomic E-state index is -0.955. The summed E-state index contributed by atoms with van der Waals surface area (Å²) in [6, 6.07) is 4.89. The summed E-state index contributed by atoms with van der Waals surface area (Å²) in [7, 11) is 0. The van der Waals surface area contributed by atoms with E-state index in [1.807, 2.05) is 4.68 Å². The van der Waals surface area contributed by atoms with E-state index < -0.39 is 5.97 Å². The second-order valence-corrected chi connectivity index (χ2v) is 5.16. The first kappa shape index (κ1) is 12.1. The van der Waals surface area contributed by atoms with Gasteiger partial charge in [-0.25, -0.2) is 9.48 Å². The number of aromatic nitrogens is 3. The Morgan fingerprint density at radius 1 is 1.53 bits per heavy atom. The first-order valence-corrected chi connectivity index (χ1v) is 6.27. The van der Waals surface area contributed by atoms with E-state index in [1.165, 1.54) is 0 Å². The summed E-state index contributed by atoms with van der Waals surface area (Å²) in [5.41, 5.74) is 1.46. The van der Waals surface area contributed by atoms with Gasteiger partial charge in [0.25, 0.3) is 0 Å². The van der Waals surface area contributed by atoms with Crippen molar-refractivity contribution in [3.05, 3.63) is 23.8 Å². The minimum Gasteiger partial charge on any atom is -0.478 e. The molecule has 6 nitrogen and oxygen atoms in total. The van der Waals surface area contributed by atoms with Crippen LogP contribution in [0.4, 0.5) is 0 Å². The van der Waals surface area contributed by atoms with E-state index in [0.29, 0.717) is 12.1 Å². The first-order chi connectivity index (χ1) is 9.10. The molecule has 0 spiro atoms. The predicted molar refractivity (Wildman–Crippen MR) is 68.2 cm³/mol. The van der Waals surface area contributed by atoms with E-state index >= 15 is 0 Å². The van der Waals surface area contributed by atoms with Gasteiger partial charge in [0.1, 0.15) is 5.52 Å². The number of aromatic carboxylic acids is 1. The van der Waals surface area contributed by atoms with Gasteiger partial charge in [0.15, 0.2) is 0 Å². The van der Waals surface area contributed by atoms with Crippen molar-refractivity contribution in [3.63, 3.8) is 0 Å². The van der Waals surface area contributed by atoms with E-state index in [1.54, 1.807) is 18.2 Å². The minimum absolute atomic E-state index is 0.211. The second-order valence-electron chi connectivity index (χ2n) is 5.16. The first-order valence-electron chi connectivity index (χ1n) is 6.27. The maximum atomic E-state index is 10.9. The molecule has 100 valence electrons. The zero-order valence-corrected chi connectivity index (χ0v) is 10.7. The predicted octanol–water partition coefficient (Wildman–Crippen LogP) is 1.66. The molecule has 0 saturated carbocycles. The number of nitrogens with zero attached hydrogens (tertiary/aromatic N) is 3. The van der Waals surface area contributed by atoms with Gasteiger partial charge in [-0.2, -0.15) is 0 Å². The maximum absolute atomic E-state index is 10.9. The molecule has 0 aliphatic carbocycles. The molecule has 0 radical (unpaired) electrons. The third kappa shape index (κ3) is 1.98. The lowest BCUT2D eigenvalue weighted by atomic mass is 9.95. The van der Waals surface area contributed by atoms with Crippen molar-refractivity contribution < 1.29 is 14.6 Å². The Labute approximate surface area is 110 Å². The maximum Gasteiger partial charge on any atom is 0.335 e. The van der Waals surface area contributed by atoms with E-state index in [2.05, 4.69) is 17.2 Å². The number of ether oxygens (including phenoxy) is 1. The summed E-state index contributed by atoms with van der Waals surface area (Å²) in [5, 5.41) is 17.2. The highest BCUT2D eigenvalue weighted by molar-refractivity contribution is 5.92. The molecule has 1 atom stereocenters. The van der Waals surface area contributed by atoms with Crippen LogP contribution < -0.4 is 0 Å². The fourth-order valence-electron chi connectivity index (χ4n) is 2.54. The Bertz CT molecular complexity index is 629. The lowest BCUT2D eigenvalue weighted by Gasteiger charge is -2.33. The molecule has 19 heavy (non-hydrogen) atoms. The SMILES string of the molecule is CC1(n2nnc3cc(C(=O)O)ccc32)CCCOC1. The molecule has 1 N–H and O–H groups in total. The number of fused-ring (bicyclic) bond motifs is 1. The van der Waals surface area contributed by atoms with E-state index in [-0.39, 0.29) is 11.1 Å². The van der Waals surface area contributed by atoms with Gasteiger partial charge in [-0.3, -0.25) is 0 Å². The highest BCUT2D eigenvalue weighted by Crippen LogP contribution is 2.29. The molecule has 0 amide bonds. The molecule has 2 heterocycles. The Balaban J connectivity index is 2.08. The van der Waals surface area contributed by atoms with Gasteiger partial charge in [-0.05, 0) is 38.0 Å². The molecular weight excluding hydrogens is 246 g/mol. The van der Waals surface area contributed by atoms with E-state index in [4.69, 9.17) is 9.84 Å². The van der Waals surface area contributed by atoms with Gasteiger partial charge in [0.05, 0.1) is 23.2 Å². The molecular formula is C13H15N3O3. The summed E-state index contributed by atoms with van der Waals surface area (Å²) < 4.78 is 7.39. The Morgan fingerprint density at radius 2 is 2.37 bits per heavy atom. The Morgan fingerprint density at radius 3 is 3.05 bits per heavy atom. The Hall–Kier alpha value is -1.95. The normalized spacial score (nSPS) is 23.6. The summed E-state index contributed by atoms with van der Waals surface area (Å²) in [5.74, 6) is -0.955. The van der Waals surface area contributed by atoms with Crippen LogP contribution in [0.15, 0.2) is 18.2 Å². The number of carboxylic acid groups (broad SMARTS) is 1. The zero-order chi connectivity index (χ0) is 13.5. The van der Waals surface area contributed by atoms with Gasteiger partial charge in [0.2, 0.25) is 0 Å². The number of hydrogen-bond acceptors (Lipinski definition) is 4. The average molecular weight is 261 g/mol. The number of carbonyl (C=O) groups is 1. The molecule has 1 aromatic carbocycles. The van der Waals surface area contributed by atoms with Crippen molar-refractivity contribution in [2.75, 3.05) is 13.2 Å². The van der Waals surface area contributed by atoms with E-state index in [0.717, 1.165) is 25.0 Å². The summed E-state index contributed by atoms with van der Waals surface area (Å²) in [4.78, 5) is 10.9. The van der Waals surface area contributed by atoms with Crippen LogP contribution >= 0.6 is 0 Å². The monoisotopic (exact) mass is 261 g/mol. The largest absolute Gasteiger partial charge is 0.478 e. The second kappa shape index (κ2) is 4.31. The van der Waals surface area contributed by atoms with Gasteiger partial charge in [-0.15, -0.1) is 5.10 Å². The van der Waals surface area contributed by atoms with Gasteiger partial charge in [0, 0.05) is 6.61 Å². The van der Waals surface area contributed by atoms with Crippen molar-refractivity contribution in [1.82, 2.24) is 15.0 Å². The lowest BCUT2D eigenvalue weighted by Crippen LogP contribution is -2.39. The quantitative estimate of drug-likeness (QED) is 0.889. The smallest absolute Gasteiger partial charge is 0.335 e. The third-order valence-corrected chi connectivity index (χ3v) is 3.62. The molecule has 1 fully saturated rings. The number of hydrogen-bond donors (Lipinski definition) is 1. The molecule has 1 saturated heterocycles. The topological polar surface area (TPSA) is 77.2 Å². The molecule has 2 aromatic rings. The summed E-state index contributed by atoms with van der Waals surface area (Å²) in [6.45, 7) is 3.48. The van der Waals surface area contributed by atoms with Crippen molar-refractivity contribution in [1.29, 1.82) is 0 Å². The molecule has 1 aliphatic rings. The summed E-state index contributed by atoms with van der Waals surface area (Å²) >= 11 is 0. The van der Waals surface area contributed by atoms with Gasteiger partial charge >= 0.3 is 5.97 Å². The number of rotatable bonds is 2. The van der Waals surface area contributed by atoms with Crippen LogP contribution in [0.3, 0.4) is 0 Å². The van der Waals surface area contributed by atoms with Crippen LogP contribution in [0.1, 0.15) is 30.1 Å².